The van der Waals surface area contributed by atoms with Crippen molar-refractivity contribution >= 4 is 11.8 Å². The first-order valence-corrected chi connectivity index (χ1v) is 5.86. The molecule has 2 N–H and O–H groups in total. The Hall–Kier alpha value is -2.04. The number of hydrogen-bond donors (Lipinski definition) is 1. The molecule has 0 unspecified atom stereocenters. The van der Waals surface area contributed by atoms with Crippen LogP contribution >= 0.6 is 0 Å². The van der Waals surface area contributed by atoms with Gasteiger partial charge in [0, 0.05) is 12.8 Å². The molecule has 1 aromatic rings. The van der Waals surface area contributed by atoms with Crippen molar-refractivity contribution in [1.29, 1.82) is 0 Å². The maximum absolute atomic E-state index is 11.7. The van der Waals surface area contributed by atoms with Gasteiger partial charge < -0.3 is 10.6 Å². The van der Waals surface area contributed by atoms with Crippen LogP contribution in [-0.2, 0) is 9.59 Å². The summed E-state index contributed by atoms with van der Waals surface area (Å²) < 4.78 is 0. The molecule has 98 valence electrons. The Morgan fingerprint density at radius 3 is 2.33 bits per heavy atom. The topological polar surface area (TPSA) is 72.6 Å². The molecule has 0 fully saturated rings. The van der Waals surface area contributed by atoms with E-state index in [4.69, 9.17) is 10.6 Å². The van der Waals surface area contributed by atoms with Gasteiger partial charge in [0.25, 0.3) is 5.91 Å². The number of nitrogens with two attached hydrogens (primary N) is 1. The molecule has 5 nitrogen and oxygen atoms in total. The molecule has 0 radical (unpaired) electrons. The van der Waals surface area contributed by atoms with Gasteiger partial charge in [0.15, 0.2) is 5.75 Å². The number of primary amides is 1. The van der Waals surface area contributed by atoms with Crippen molar-refractivity contribution in [1.82, 2.24) is 5.06 Å². The maximum atomic E-state index is 11.7. The second-order valence-corrected chi connectivity index (χ2v) is 3.96. The van der Waals surface area contributed by atoms with Crippen LogP contribution in [0.2, 0.25) is 0 Å². The van der Waals surface area contributed by atoms with Gasteiger partial charge in [0.05, 0.1) is 6.54 Å². The molecule has 0 aromatic heterocycles. The van der Waals surface area contributed by atoms with Crippen LogP contribution in [0.5, 0.6) is 5.75 Å². The molecule has 0 aliphatic rings. The molecule has 0 bridgehead atoms. The van der Waals surface area contributed by atoms with Gasteiger partial charge in [0.1, 0.15) is 0 Å². The van der Waals surface area contributed by atoms with Crippen LogP contribution in [0.25, 0.3) is 0 Å². The fourth-order valence-corrected chi connectivity index (χ4v) is 1.37. The summed E-state index contributed by atoms with van der Waals surface area (Å²) in [6, 6.07) is 7.38. The van der Waals surface area contributed by atoms with E-state index < -0.39 is 5.91 Å². The van der Waals surface area contributed by atoms with Gasteiger partial charge >= 0.3 is 0 Å². The molecule has 0 aliphatic heterocycles. The lowest BCUT2D eigenvalue weighted by molar-refractivity contribution is -0.157. The van der Waals surface area contributed by atoms with Crippen LogP contribution in [0.15, 0.2) is 24.3 Å². The summed E-state index contributed by atoms with van der Waals surface area (Å²) in [6.07, 6.45) is 0.0988. The summed E-state index contributed by atoms with van der Waals surface area (Å²) in [5, 5.41) is 1.23. The summed E-state index contributed by atoms with van der Waals surface area (Å²) >= 11 is 0. The molecule has 0 saturated heterocycles. The second kappa shape index (κ2) is 6.64. The summed E-state index contributed by atoms with van der Waals surface area (Å²) in [7, 11) is 0. The van der Waals surface area contributed by atoms with Gasteiger partial charge in [-0.2, -0.15) is 5.06 Å². The largest absolute Gasteiger partial charge is 0.377 e. The predicted molar refractivity (Wildman–Crippen MR) is 67.6 cm³/mol. The highest BCUT2D eigenvalue weighted by Gasteiger charge is 2.14. The molecular formula is C13H18N2O3. The van der Waals surface area contributed by atoms with E-state index in [1.54, 1.807) is 19.1 Å². The van der Waals surface area contributed by atoms with Crippen molar-refractivity contribution < 1.29 is 14.4 Å². The van der Waals surface area contributed by atoms with Gasteiger partial charge in [0.2, 0.25) is 5.91 Å². The van der Waals surface area contributed by atoms with E-state index in [9.17, 15) is 9.59 Å². The fourth-order valence-electron chi connectivity index (χ4n) is 1.37. The lowest BCUT2D eigenvalue weighted by atomic mass is 10.2. The number of benzene rings is 1. The number of hydroxylamine groups is 2. The molecular weight excluding hydrogens is 232 g/mol. The Balaban J connectivity index is 2.58. The minimum Gasteiger partial charge on any atom is -0.377 e. The third-order valence-electron chi connectivity index (χ3n) is 2.39. The van der Waals surface area contributed by atoms with Gasteiger partial charge in [-0.15, -0.1) is 0 Å². The third kappa shape index (κ3) is 4.45. The van der Waals surface area contributed by atoms with Crippen LogP contribution in [0.4, 0.5) is 0 Å². The Morgan fingerprint density at radius 2 is 1.83 bits per heavy atom. The number of rotatable bonds is 6. The van der Waals surface area contributed by atoms with E-state index in [0.29, 0.717) is 12.3 Å². The van der Waals surface area contributed by atoms with Crippen molar-refractivity contribution in [3.8, 4) is 5.75 Å². The minimum atomic E-state index is -0.491. The zero-order chi connectivity index (χ0) is 13.5. The summed E-state index contributed by atoms with van der Waals surface area (Å²) in [5.74, 6) is -0.151. The lowest BCUT2D eigenvalue weighted by Gasteiger charge is -2.20. The summed E-state index contributed by atoms with van der Waals surface area (Å²) in [5.41, 5.74) is 6.12. The molecule has 1 aromatic carbocycles. The number of amides is 2. The Morgan fingerprint density at radius 1 is 1.22 bits per heavy atom. The maximum Gasteiger partial charge on any atom is 0.255 e. The van der Waals surface area contributed by atoms with E-state index in [2.05, 4.69) is 0 Å². The Labute approximate surface area is 106 Å². The first-order chi connectivity index (χ1) is 8.52. The van der Waals surface area contributed by atoms with E-state index >= 15 is 0 Å². The van der Waals surface area contributed by atoms with Gasteiger partial charge in [-0.25, -0.2) is 0 Å². The van der Waals surface area contributed by atoms with E-state index in [-0.39, 0.29) is 18.7 Å². The first-order valence-electron chi connectivity index (χ1n) is 5.86. The highest BCUT2D eigenvalue weighted by molar-refractivity contribution is 5.82. The Bertz CT molecular complexity index is 415. The molecule has 5 heteroatoms. The first kappa shape index (κ1) is 14.0. The average Bonchev–Trinajstić information content (AvgIpc) is 2.35. The zero-order valence-electron chi connectivity index (χ0n) is 10.7. The number of aryl methyl sites for hydroxylation is 1. The molecule has 0 spiro atoms. The van der Waals surface area contributed by atoms with Crippen molar-refractivity contribution in [2.45, 2.75) is 26.7 Å². The molecule has 0 heterocycles. The molecule has 0 saturated carbocycles. The van der Waals surface area contributed by atoms with E-state index in [1.165, 1.54) is 5.06 Å². The van der Waals surface area contributed by atoms with Crippen molar-refractivity contribution in [3.63, 3.8) is 0 Å². The monoisotopic (exact) mass is 250 g/mol. The van der Waals surface area contributed by atoms with Gasteiger partial charge in [-0.1, -0.05) is 17.7 Å². The van der Waals surface area contributed by atoms with Gasteiger partial charge in [-0.3, -0.25) is 9.59 Å². The fraction of sp³-hybridized carbons (Fsp3) is 0.385. The van der Waals surface area contributed by atoms with Crippen molar-refractivity contribution in [3.05, 3.63) is 29.8 Å². The normalized spacial score (nSPS) is 9.89. The van der Waals surface area contributed by atoms with Crippen LogP contribution < -0.4 is 10.6 Å². The molecule has 1 rings (SSSR count). The molecule has 18 heavy (non-hydrogen) atoms. The third-order valence-corrected chi connectivity index (χ3v) is 2.39. The van der Waals surface area contributed by atoms with Crippen molar-refractivity contribution in [2.75, 3.05) is 6.54 Å². The van der Waals surface area contributed by atoms with E-state index in [1.807, 2.05) is 19.1 Å². The lowest BCUT2D eigenvalue weighted by Crippen LogP contribution is -2.34. The van der Waals surface area contributed by atoms with E-state index in [0.717, 1.165) is 5.56 Å². The van der Waals surface area contributed by atoms with Crippen molar-refractivity contribution in [2.24, 2.45) is 5.73 Å². The summed E-state index contributed by atoms with van der Waals surface area (Å²) in [6.45, 7) is 4.18. The smallest absolute Gasteiger partial charge is 0.255 e. The predicted octanol–water partition coefficient (Wildman–Crippen LogP) is 1.40. The quantitative estimate of drug-likeness (QED) is 0.776. The SMILES string of the molecule is CCN(Oc1ccc(C)cc1)C(=O)CCC(N)=O. The second-order valence-electron chi connectivity index (χ2n) is 3.96. The Kier molecular flexibility index (Phi) is 5.17. The minimum absolute atomic E-state index is 0.0343. The number of carbonyl (C=O) groups excluding carboxylic acids is 2. The standard InChI is InChI=1S/C13H18N2O3/c1-3-15(13(17)9-8-12(14)16)18-11-6-4-10(2)5-7-11/h4-7H,3,8-9H2,1-2H3,(H2,14,16). The van der Waals surface area contributed by atoms with Gasteiger partial charge in [-0.05, 0) is 26.0 Å². The number of carbonyl (C=O) groups is 2. The van der Waals surface area contributed by atoms with Crippen LogP contribution in [-0.4, -0.2) is 23.4 Å². The molecule has 0 aliphatic carbocycles. The highest BCUT2D eigenvalue weighted by atomic mass is 16.7. The number of hydrogen-bond acceptors (Lipinski definition) is 3. The highest BCUT2D eigenvalue weighted by Crippen LogP contribution is 2.13. The summed E-state index contributed by atoms with van der Waals surface area (Å²) in [4.78, 5) is 27.8. The zero-order valence-corrected chi connectivity index (χ0v) is 10.7. The molecule has 2 amide bonds. The number of nitrogens with zero attached hydrogens (tertiary/aromatic N) is 1. The van der Waals surface area contributed by atoms with Crippen LogP contribution in [0.1, 0.15) is 25.3 Å². The molecule has 0 atom stereocenters. The van der Waals surface area contributed by atoms with Crippen LogP contribution in [0.3, 0.4) is 0 Å². The average molecular weight is 250 g/mol. The van der Waals surface area contributed by atoms with Crippen LogP contribution in [0, 0.1) is 6.92 Å².